The van der Waals surface area contributed by atoms with E-state index in [0.29, 0.717) is 5.69 Å². The molecule has 0 fully saturated rings. The van der Waals surface area contributed by atoms with Crippen molar-refractivity contribution in [1.29, 1.82) is 0 Å². The SMILES string of the molecule is CSCc1nc2c(N)cccc2o1. The maximum Gasteiger partial charge on any atom is 0.205 e. The van der Waals surface area contributed by atoms with Crippen molar-refractivity contribution in [2.24, 2.45) is 0 Å². The molecular weight excluding hydrogens is 184 g/mol. The Labute approximate surface area is 80.3 Å². The lowest BCUT2D eigenvalue weighted by Crippen LogP contribution is -1.85. The lowest BCUT2D eigenvalue weighted by Gasteiger charge is -1.89. The summed E-state index contributed by atoms with van der Waals surface area (Å²) in [6.07, 6.45) is 2.01. The van der Waals surface area contributed by atoms with Crippen LogP contribution >= 0.6 is 11.8 Å². The summed E-state index contributed by atoms with van der Waals surface area (Å²) >= 11 is 1.68. The maximum absolute atomic E-state index is 5.74. The summed E-state index contributed by atoms with van der Waals surface area (Å²) in [6.45, 7) is 0. The van der Waals surface area contributed by atoms with Crippen LogP contribution in [0.4, 0.5) is 5.69 Å². The van der Waals surface area contributed by atoms with Crippen LogP contribution in [0.1, 0.15) is 5.89 Å². The molecule has 0 saturated heterocycles. The minimum Gasteiger partial charge on any atom is -0.440 e. The van der Waals surface area contributed by atoms with Crippen LogP contribution in [0.5, 0.6) is 0 Å². The van der Waals surface area contributed by atoms with Crippen molar-refractivity contribution >= 4 is 28.5 Å². The van der Waals surface area contributed by atoms with Gasteiger partial charge in [-0.3, -0.25) is 0 Å². The van der Waals surface area contributed by atoms with Gasteiger partial charge in [-0.25, -0.2) is 4.98 Å². The first-order valence-corrected chi connectivity index (χ1v) is 5.33. The second-order valence-corrected chi connectivity index (χ2v) is 3.60. The molecule has 0 aliphatic heterocycles. The number of para-hydroxylation sites is 1. The van der Waals surface area contributed by atoms with Crippen LogP contribution in [-0.2, 0) is 5.75 Å². The van der Waals surface area contributed by atoms with Gasteiger partial charge in [0.15, 0.2) is 5.58 Å². The topological polar surface area (TPSA) is 52.0 Å². The van der Waals surface area contributed by atoms with Crippen LogP contribution in [-0.4, -0.2) is 11.2 Å². The van der Waals surface area contributed by atoms with E-state index in [0.717, 1.165) is 22.7 Å². The Hall–Kier alpha value is -1.16. The first kappa shape index (κ1) is 8.44. The zero-order valence-electron chi connectivity index (χ0n) is 7.28. The predicted octanol–water partition coefficient (Wildman–Crippen LogP) is 2.27. The van der Waals surface area contributed by atoms with Gasteiger partial charge in [0.2, 0.25) is 5.89 Å². The Bertz CT molecular complexity index is 424. The summed E-state index contributed by atoms with van der Waals surface area (Å²) in [5, 5.41) is 0. The summed E-state index contributed by atoms with van der Waals surface area (Å²) in [6, 6.07) is 5.57. The van der Waals surface area contributed by atoms with E-state index in [-0.39, 0.29) is 0 Å². The Balaban J connectivity index is 2.55. The van der Waals surface area contributed by atoms with Crippen LogP contribution in [0.3, 0.4) is 0 Å². The van der Waals surface area contributed by atoms with Crippen LogP contribution in [0.25, 0.3) is 11.1 Å². The average molecular weight is 194 g/mol. The number of aromatic nitrogens is 1. The van der Waals surface area contributed by atoms with Crippen LogP contribution in [0.2, 0.25) is 0 Å². The number of benzene rings is 1. The molecule has 0 bridgehead atoms. The fraction of sp³-hybridized carbons (Fsp3) is 0.222. The maximum atomic E-state index is 5.74. The number of fused-ring (bicyclic) bond motifs is 1. The largest absolute Gasteiger partial charge is 0.440 e. The normalized spacial score (nSPS) is 10.8. The molecule has 0 radical (unpaired) electrons. The molecule has 0 aliphatic carbocycles. The molecule has 0 spiro atoms. The fourth-order valence-electron chi connectivity index (χ4n) is 1.20. The first-order chi connectivity index (χ1) is 6.31. The molecule has 2 aromatic rings. The number of thioether (sulfide) groups is 1. The molecule has 1 aromatic carbocycles. The van der Waals surface area contributed by atoms with Gasteiger partial charge in [0.05, 0.1) is 11.4 Å². The second kappa shape index (κ2) is 3.30. The lowest BCUT2D eigenvalue weighted by molar-refractivity contribution is 0.556. The third kappa shape index (κ3) is 1.49. The first-order valence-electron chi connectivity index (χ1n) is 3.94. The highest BCUT2D eigenvalue weighted by Gasteiger charge is 2.06. The summed E-state index contributed by atoms with van der Waals surface area (Å²) in [7, 11) is 0. The average Bonchev–Trinajstić information content (AvgIpc) is 2.49. The van der Waals surface area contributed by atoms with E-state index < -0.39 is 0 Å². The third-order valence-corrected chi connectivity index (χ3v) is 2.30. The number of nitrogens with two attached hydrogens (primary N) is 1. The Morgan fingerprint density at radius 1 is 1.54 bits per heavy atom. The Morgan fingerprint density at radius 3 is 3.08 bits per heavy atom. The molecule has 0 atom stereocenters. The predicted molar refractivity (Wildman–Crippen MR) is 55.6 cm³/mol. The van der Waals surface area contributed by atoms with E-state index in [2.05, 4.69) is 4.98 Å². The quantitative estimate of drug-likeness (QED) is 0.745. The highest BCUT2D eigenvalue weighted by Crippen LogP contribution is 2.22. The van der Waals surface area contributed by atoms with Gasteiger partial charge in [-0.2, -0.15) is 11.8 Å². The number of nitrogens with zero attached hydrogens (tertiary/aromatic N) is 1. The molecule has 1 aromatic heterocycles. The molecule has 0 amide bonds. The summed E-state index contributed by atoms with van der Waals surface area (Å²) in [5.74, 6) is 1.52. The zero-order valence-corrected chi connectivity index (χ0v) is 8.10. The van der Waals surface area contributed by atoms with Gasteiger partial charge in [0.1, 0.15) is 5.52 Å². The fourth-order valence-corrected chi connectivity index (χ4v) is 1.57. The minimum atomic E-state index is 0.675. The van der Waals surface area contributed by atoms with E-state index in [1.54, 1.807) is 11.8 Å². The van der Waals surface area contributed by atoms with Gasteiger partial charge in [-0.15, -0.1) is 0 Å². The monoisotopic (exact) mass is 194 g/mol. The molecule has 13 heavy (non-hydrogen) atoms. The number of nitrogen functional groups attached to an aromatic ring is 1. The van der Waals surface area contributed by atoms with Crippen molar-refractivity contribution in [2.45, 2.75) is 5.75 Å². The molecule has 2 rings (SSSR count). The highest BCUT2D eigenvalue weighted by atomic mass is 32.2. The molecule has 0 saturated carbocycles. The third-order valence-electron chi connectivity index (χ3n) is 1.76. The molecule has 1 heterocycles. The molecule has 0 aliphatic rings. The van der Waals surface area contributed by atoms with Gasteiger partial charge in [-0.1, -0.05) is 6.07 Å². The van der Waals surface area contributed by atoms with Crippen molar-refractivity contribution in [3.8, 4) is 0 Å². The van der Waals surface area contributed by atoms with E-state index in [1.807, 2.05) is 24.5 Å². The van der Waals surface area contributed by atoms with Gasteiger partial charge in [0.25, 0.3) is 0 Å². The van der Waals surface area contributed by atoms with E-state index in [9.17, 15) is 0 Å². The summed E-state index contributed by atoms with van der Waals surface area (Å²) in [4.78, 5) is 4.29. The van der Waals surface area contributed by atoms with E-state index in [1.165, 1.54) is 0 Å². The Morgan fingerprint density at radius 2 is 2.38 bits per heavy atom. The number of oxazole rings is 1. The summed E-state index contributed by atoms with van der Waals surface area (Å²) < 4.78 is 5.48. The summed E-state index contributed by atoms with van der Waals surface area (Å²) in [5.41, 5.74) is 7.95. The van der Waals surface area contributed by atoms with Crippen molar-refractivity contribution in [3.63, 3.8) is 0 Å². The zero-order chi connectivity index (χ0) is 9.26. The molecule has 4 heteroatoms. The number of hydrogen-bond donors (Lipinski definition) is 1. The lowest BCUT2D eigenvalue weighted by atomic mass is 10.3. The van der Waals surface area contributed by atoms with Gasteiger partial charge in [0, 0.05) is 0 Å². The smallest absolute Gasteiger partial charge is 0.205 e. The van der Waals surface area contributed by atoms with E-state index in [4.69, 9.17) is 10.2 Å². The molecular formula is C9H10N2OS. The highest BCUT2D eigenvalue weighted by molar-refractivity contribution is 7.97. The molecule has 0 unspecified atom stereocenters. The number of hydrogen-bond acceptors (Lipinski definition) is 4. The van der Waals surface area contributed by atoms with Gasteiger partial charge in [-0.05, 0) is 18.4 Å². The minimum absolute atomic E-state index is 0.675. The van der Waals surface area contributed by atoms with Crippen molar-refractivity contribution in [1.82, 2.24) is 4.98 Å². The van der Waals surface area contributed by atoms with Crippen molar-refractivity contribution < 1.29 is 4.42 Å². The van der Waals surface area contributed by atoms with Crippen LogP contribution in [0.15, 0.2) is 22.6 Å². The van der Waals surface area contributed by atoms with Crippen molar-refractivity contribution in [3.05, 3.63) is 24.1 Å². The standard InChI is InChI=1S/C9H10N2OS/c1-13-5-8-11-9-6(10)3-2-4-7(9)12-8/h2-4H,5,10H2,1H3. The van der Waals surface area contributed by atoms with Gasteiger partial charge < -0.3 is 10.2 Å². The van der Waals surface area contributed by atoms with Crippen LogP contribution in [0, 0.1) is 0 Å². The van der Waals surface area contributed by atoms with Crippen LogP contribution < -0.4 is 5.73 Å². The Kier molecular flexibility index (Phi) is 2.14. The molecule has 3 nitrogen and oxygen atoms in total. The van der Waals surface area contributed by atoms with Crippen molar-refractivity contribution in [2.75, 3.05) is 12.0 Å². The number of anilines is 1. The van der Waals surface area contributed by atoms with E-state index >= 15 is 0 Å². The number of rotatable bonds is 2. The van der Waals surface area contributed by atoms with Gasteiger partial charge >= 0.3 is 0 Å². The second-order valence-electron chi connectivity index (χ2n) is 2.73. The molecule has 2 N–H and O–H groups in total. The molecule has 68 valence electrons.